The topological polar surface area (TPSA) is 26.3 Å². The quantitative estimate of drug-likeness (QED) is 0.757. The highest BCUT2D eigenvalue weighted by molar-refractivity contribution is 5.91. The van der Waals surface area contributed by atoms with Crippen LogP contribution in [0.2, 0.25) is 0 Å². The zero-order valence-electron chi connectivity index (χ0n) is 10.8. The van der Waals surface area contributed by atoms with Crippen LogP contribution in [0, 0.1) is 5.82 Å². The third-order valence-electron chi connectivity index (χ3n) is 3.30. The van der Waals surface area contributed by atoms with Gasteiger partial charge in [-0.05, 0) is 56.4 Å². The predicted octanol–water partition coefficient (Wildman–Crippen LogP) is 3.96. The van der Waals surface area contributed by atoms with Crippen LogP contribution >= 0.6 is 0 Å². The van der Waals surface area contributed by atoms with Crippen LogP contribution < -0.4 is 0 Å². The lowest BCUT2D eigenvalue weighted by Gasteiger charge is -2.08. The summed E-state index contributed by atoms with van der Waals surface area (Å²) < 4.78 is 18.5. The molecular weight excluding hydrogens is 231 g/mol. The summed E-state index contributed by atoms with van der Waals surface area (Å²) in [5.74, 6) is -1.11. The first-order chi connectivity index (χ1) is 8.63. The molecule has 0 heterocycles. The van der Waals surface area contributed by atoms with Gasteiger partial charge in [0.25, 0.3) is 0 Å². The van der Waals surface area contributed by atoms with E-state index in [9.17, 15) is 9.18 Å². The number of allylic oxidation sites excluding steroid dienone is 2. The Kier molecular flexibility index (Phi) is 3.80. The van der Waals surface area contributed by atoms with E-state index in [4.69, 9.17) is 4.74 Å². The van der Waals surface area contributed by atoms with Gasteiger partial charge in [0.1, 0.15) is 5.82 Å². The summed E-state index contributed by atoms with van der Waals surface area (Å²) in [7, 11) is 0. The summed E-state index contributed by atoms with van der Waals surface area (Å²) >= 11 is 0. The van der Waals surface area contributed by atoms with Crippen molar-refractivity contribution in [3.8, 4) is 0 Å². The number of rotatable bonds is 3. The van der Waals surface area contributed by atoms with Gasteiger partial charge in [0.15, 0.2) is 0 Å². The van der Waals surface area contributed by atoms with Crippen LogP contribution in [0.3, 0.4) is 0 Å². The molecule has 0 saturated carbocycles. The molecule has 96 valence electrons. The summed E-state index contributed by atoms with van der Waals surface area (Å²) in [5.41, 5.74) is 3.54. The van der Waals surface area contributed by atoms with E-state index in [0.29, 0.717) is 0 Å². The minimum Gasteiger partial charge on any atom is -0.462 e. The van der Waals surface area contributed by atoms with Crippen molar-refractivity contribution in [1.29, 1.82) is 0 Å². The van der Waals surface area contributed by atoms with E-state index in [0.717, 1.165) is 24.8 Å². The Morgan fingerprint density at radius 3 is 2.78 bits per heavy atom. The minimum absolute atomic E-state index is 0.0292. The van der Waals surface area contributed by atoms with Crippen molar-refractivity contribution in [2.45, 2.75) is 33.1 Å². The van der Waals surface area contributed by atoms with E-state index < -0.39 is 11.8 Å². The average Bonchev–Trinajstić information content (AvgIpc) is 2.76. The summed E-state index contributed by atoms with van der Waals surface area (Å²) in [6.07, 6.45) is 3.22. The number of hydrogen-bond acceptors (Lipinski definition) is 2. The van der Waals surface area contributed by atoms with Crippen molar-refractivity contribution in [2.75, 3.05) is 6.61 Å². The first-order valence-electron chi connectivity index (χ1n) is 6.29. The van der Waals surface area contributed by atoms with Crippen molar-refractivity contribution in [2.24, 2.45) is 0 Å². The van der Waals surface area contributed by atoms with Gasteiger partial charge in [0, 0.05) is 0 Å². The molecule has 0 unspecified atom stereocenters. The molecule has 3 heteroatoms. The largest absolute Gasteiger partial charge is 0.462 e. The molecule has 2 rings (SSSR count). The van der Waals surface area contributed by atoms with E-state index in [2.05, 4.69) is 6.92 Å². The Hall–Kier alpha value is -1.64. The van der Waals surface area contributed by atoms with Crippen molar-refractivity contribution in [1.82, 2.24) is 0 Å². The van der Waals surface area contributed by atoms with E-state index >= 15 is 0 Å². The fourth-order valence-electron chi connectivity index (χ4n) is 2.36. The van der Waals surface area contributed by atoms with Crippen LogP contribution in [0.5, 0.6) is 0 Å². The average molecular weight is 248 g/mol. The standard InChI is InChI=1S/C15H17FO2/c1-3-18-15(17)13-9-11(7-8-14(13)16)12-6-4-5-10(12)2/h7-9H,3-6H2,1-2H3. The zero-order chi connectivity index (χ0) is 13.1. The molecule has 0 spiro atoms. The van der Waals surface area contributed by atoms with Crippen molar-refractivity contribution in [3.63, 3.8) is 0 Å². The Balaban J connectivity index is 2.38. The number of benzene rings is 1. The molecule has 0 amide bonds. The molecule has 0 radical (unpaired) electrons. The maximum atomic E-state index is 13.6. The van der Waals surface area contributed by atoms with Gasteiger partial charge >= 0.3 is 5.97 Å². The van der Waals surface area contributed by atoms with Gasteiger partial charge in [-0.2, -0.15) is 0 Å². The number of halogens is 1. The highest BCUT2D eigenvalue weighted by Gasteiger charge is 2.17. The minimum atomic E-state index is -0.590. The molecule has 0 saturated heterocycles. The summed E-state index contributed by atoms with van der Waals surface area (Å²) in [5, 5.41) is 0. The number of esters is 1. The highest BCUT2D eigenvalue weighted by Crippen LogP contribution is 2.34. The van der Waals surface area contributed by atoms with Crippen LogP contribution in [-0.2, 0) is 4.74 Å². The molecule has 1 aromatic rings. The fourth-order valence-corrected chi connectivity index (χ4v) is 2.36. The van der Waals surface area contributed by atoms with Gasteiger partial charge in [-0.25, -0.2) is 9.18 Å². The molecule has 2 nitrogen and oxygen atoms in total. The molecule has 0 aliphatic heterocycles. The summed E-state index contributed by atoms with van der Waals surface area (Å²) in [6, 6.07) is 4.69. The molecule has 1 aromatic carbocycles. The van der Waals surface area contributed by atoms with Gasteiger partial charge in [-0.1, -0.05) is 11.6 Å². The van der Waals surface area contributed by atoms with Crippen LogP contribution in [0.4, 0.5) is 4.39 Å². The number of ether oxygens (including phenoxy) is 1. The lowest BCUT2D eigenvalue weighted by Crippen LogP contribution is -2.07. The third-order valence-corrected chi connectivity index (χ3v) is 3.30. The molecule has 1 aliphatic carbocycles. The first kappa shape index (κ1) is 12.8. The second kappa shape index (κ2) is 5.34. The Bertz CT molecular complexity index is 503. The maximum Gasteiger partial charge on any atom is 0.341 e. The van der Waals surface area contributed by atoms with Crippen LogP contribution in [0.25, 0.3) is 5.57 Å². The monoisotopic (exact) mass is 248 g/mol. The first-order valence-corrected chi connectivity index (χ1v) is 6.29. The second-order valence-electron chi connectivity index (χ2n) is 4.53. The maximum absolute atomic E-state index is 13.6. The van der Waals surface area contributed by atoms with Crippen molar-refractivity contribution >= 4 is 11.5 Å². The Morgan fingerprint density at radius 1 is 1.39 bits per heavy atom. The molecule has 0 fully saturated rings. The van der Waals surface area contributed by atoms with Crippen LogP contribution in [0.1, 0.15) is 49.0 Å². The summed E-state index contributed by atoms with van der Waals surface area (Å²) in [4.78, 5) is 11.6. The van der Waals surface area contributed by atoms with Gasteiger partial charge in [-0.15, -0.1) is 0 Å². The van der Waals surface area contributed by atoms with E-state index in [1.807, 2.05) is 0 Å². The molecule has 0 atom stereocenters. The molecule has 0 N–H and O–H groups in total. The van der Waals surface area contributed by atoms with E-state index in [-0.39, 0.29) is 12.2 Å². The smallest absolute Gasteiger partial charge is 0.341 e. The van der Waals surface area contributed by atoms with Crippen molar-refractivity contribution in [3.05, 3.63) is 40.7 Å². The van der Waals surface area contributed by atoms with Gasteiger partial charge in [-0.3, -0.25) is 0 Å². The molecule has 0 bridgehead atoms. The van der Waals surface area contributed by atoms with E-state index in [1.54, 1.807) is 19.1 Å². The van der Waals surface area contributed by atoms with Crippen molar-refractivity contribution < 1.29 is 13.9 Å². The fraction of sp³-hybridized carbons (Fsp3) is 0.400. The lowest BCUT2D eigenvalue weighted by molar-refractivity contribution is 0.0521. The van der Waals surface area contributed by atoms with Gasteiger partial charge in [0.05, 0.1) is 12.2 Å². The summed E-state index contributed by atoms with van der Waals surface area (Å²) in [6.45, 7) is 4.06. The van der Waals surface area contributed by atoms with Crippen LogP contribution in [-0.4, -0.2) is 12.6 Å². The second-order valence-corrected chi connectivity index (χ2v) is 4.53. The number of carbonyl (C=O) groups excluding carboxylic acids is 1. The third kappa shape index (κ3) is 2.45. The molecule has 18 heavy (non-hydrogen) atoms. The zero-order valence-corrected chi connectivity index (χ0v) is 10.8. The number of carbonyl (C=O) groups is 1. The van der Waals surface area contributed by atoms with Crippen LogP contribution in [0.15, 0.2) is 23.8 Å². The molecular formula is C15H17FO2. The lowest BCUT2D eigenvalue weighted by atomic mass is 10.00. The molecule has 1 aliphatic rings. The van der Waals surface area contributed by atoms with Gasteiger partial charge in [0.2, 0.25) is 0 Å². The normalized spacial score (nSPS) is 15.1. The molecule has 0 aromatic heterocycles. The predicted molar refractivity (Wildman–Crippen MR) is 68.8 cm³/mol. The Morgan fingerprint density at radius 2 is 2.17 bits per heavy atom. The SMILES string of the molecule is CCOC(=O)c1cc(C2=C(C)CCC2)ccc1F. The Labute approximate surface area is 106 Å². The van der Waals surface area contributed by atoms with E-state index in [1.165, 1.54) is 17.2 Å². The van der Waals surface area contributed by atoms with Gasteiger partial charge < -0.3 is 4.74 Å². The number of hydrogen-bond donors (Lipinski definition) is 0. The highest BCUT2D eigenvalue weighted by atomic mass is 19.1.